The molecule has 1 N–H and O–H groups in total. The van der Waals surface area contributed by atoms with Crippen molar-refractivity contribution in [2.24, 2.45) is 0 Å². The van der Waals surface area contributed by atoms with E-state index in [4.69, 9.17) is 4.74 Å². The van der Waals surface area contributed by atoms with E-state index in [-0.39, 0.29) is 5.75 Å². The lowest BCUT2D eigenvalue weighted by Crippen LogP contribution is -2.31. The fourth-order valence-electron chi connectivity index (χ4n) is 2.50. The third-order valence-corrected chi connectivity index (χ3v) is 4.88. The van der Waals surface area contributed by atoms with Crippen LogP contribution in [-0.2, 0) is 11.3 Å². The van der Waals surface area contributed by atoms with Gasteiger partial charge in [0.25, 0.3) is 5.91 Å². The SMILES string of the molecule is CCn1c(SCC(=O)NC(=O)c2ccc(OC)cc2)nnc1-c1ccncc1. The number of nitrogens with zero attached hydrogens (tertiary/aromatic N) is 4. The number of ether oxygens (including phenoxy) is 1. The van der Waals surface area contributed by atoms with E-state index in [0.29, 0.717) is 28.8 Å². The minimum absolute atomic E-state index is 0.0520. The molecule has 0 saturated heterocycles. The number of amides is 2. The summed E-state index contributed by atoms with van der Waals surface area (Å²) in [5.41, 5.74) is 1.28. The van der Waals surface area contributed by atoms with Crippen LogP contribution < -0.4 is 10.1 Å². The summed E-state index contributed by atoms with van der Waals surface area (Å²) in [6, 6.07) is 10.2. The molecule has 0 aliphatic rings. The molecule has 0 radical (unpaired) electrons. The molecule has 2 heterocycles. The lowest BCUT2D eigenvalue weighted by molar-refractivity contribution is -0.117. The number of thioether (sulfide) groups is 1. The van der Waals surface area contributed by atoms with E-state index in [2.05, 4.69) is 20.5 Å². The van der Waals surface area contributed by atoms with Crippen molar-refractivity contribution in [2.75, 3.05) is 12.9 Å². The second kappa shape index (κ2) is 9.14. The van der Waals surface area contributed by atoms with Gasteiger partial charge in [-0.05, 0) is 43.3 Å². The molecule has 8 nitrogen and oxygen atoms in total. The van der Waals surface area contributed by atoms with Crippen molar-refractivity contribution in [3.63, 3.8) is 0 Å². The van der Waals surface area contributed by atoms with Crippen molar-refractivity contribution in [2.45, 2.75) is 18.6 Å². The van der Waals surface area contributed by atoms with E-state index in [1.54, 1.807) is 43.8 Å². The van der Waals surface area contributed by atoms with Crippen LogP contribution in [0.2, 0.25) is 0 Å². The number of imide groups is 1. The van der Waals surface area contributed by atoms with Crippen LogP contribution in [0.5, 0.6) is 5.75 Å². The Hall–Kier alpha value is -3.20. The van der Waals surface area contributed by atoms with Gasteiger partial charge in [-0.1, -0.05) is 11.8 Å². The van der Waals surface area contributed by atoms with Gasteiger partial charge in [-0.2, -0.15) is 0 Å². The van der Waals surface area contributed by atoms with Gasteiger partial charge in [0, 0.05) is 30.1 Å². The summed E-state index contributed by atoms with van der Waals surface area (Å²) < 4.78 is 6.97. The molecule has 1 aromatic carbocycles. The van der Waals surface area contributed by atoms with Crippen molar-refractivity contribution in [3.8, 4) is 17.1 Å². The maximum absolute atomic E-state index is 12.2. The summed E-state index contributed by atoms with van der Waals surface area (Å²) in [7, 11) is 1.55. The van der Waals surface area contributed by atoms with E-state index in [0.717, 1.165) is 5.56 Å². The smallest absolute Gasteiger partial charge is 0.257 e. The molecule has 0 atom stereocenters. The molecular weight excluding hydrogens is 378 g/mol. The summed E-state index contributed by atoms with van der Waals surface area (Å²) in [5.74, 6) is 0.546. The zero-order valence-corrected chi connectivity index (χ0v) is 16.3. The first-order chi connectivity index (χ1) is 13.6. The highest BCUT2D eigenvalue weighted by Gasteiger charge is 2.16. The third-order valence-electron chi connectivity index (χ3n) is 3.91. The van der Waals surface area contributed by atoms with Crippen LogP contribution in [0.15, 0.2) is 53.9 Å². The number of hydrogen-bond donors (Lipinski definition) is 1. The largest absolute Gasteiger partial charge is 0.497 e. The molecule has 0 saturated carbocycles. The predicted molar refractivity (Wildman–Crippen MR) is 105 cm³/mol. The van der Waals surface area contributed by atoms with Crippen LogP contribution in [0.3, 0.4) is 0 Å². The standard InChI is InChI=1S/C19H19N5O3S/c1-3-24-17(13-8-10-20-11-9-13)22-23-19(24)28-12-16(25)21-18(26)14-4-6-15(27-2)7-5-14/h4-11H,3,12H2,1-2H3,(H,21,25,26). The van der Waals surface area contributed by atoms with Crippen molar-refractivity contribution in [1.29, 1.82) is 0 Å². The number of aromatic nitrogens is 4. The zero-order chi connectivity index (χ0) is 19.9. The van der Waals surface area contributed by atoms with E-state index < -0.39 is 11.8 Å². The van der Waals surface area contributed by atoms with Crippen LogP contribution in [0.25, 0.3) is 11.4 Å². The van der Waals surface area contributed by atoms with E-state index in [1.807, 2.05) is 23.6 Å². The van der Waals surface area contributed by atoms with Crippen LogP contribution >= 0.6 is 11.8 Å². The summed E-state index contributed by atoms with van der Waals surface area (Å²) in [4.78, 5) is 28.3. The number of benzene rings is 1. The molecule has 0 unspecified atom stereocenters. The van der Waals surface area contributed by atoms with Crippen LogP contribution in [0.1, 0.15) is 17.3 Å². The average molecular weight is 397 g/mol. The van der Waals surface area contributed by atoms with Gasteiger partial charge in [0.05, 0.1) is 12.9 Å². The van der Waals surface area contributed by atoms with E-state index in [1.165, 1.54) is 11.8 Å². The normalized spacial score (nSPS) is 10.5. The molecular formula is C19H19N5O3S. The van der Waals surface area contributed by atoms with Gasteiger partial charge in [0.2, 0.25) is 5.91 Å². The second-order valence-electron chi connectivity index (χ2n) is 5.68. The predicted octanol–water partition coefficient (Wildman–Crippen LogP) is 2.42. The molecule has 0 aliphatic carbocycles. The lowest BCUT2D eigenvalue weighted by Gasteiger charge is -2.07. The minimum Gasteiger partial charge on any atom is -0.497 e. The first-order valence-electron chi connectivity index (χ1n) is 8.57. The van der Waals surface area contributed by atoms with Crippen LogP contribution in [0.4, 0.5) is 0 Å². The molecule has 9 heteroatoms. The van der Waals surface area contributed by atoms with Crippen molar-refractivity contribution in [1.82, 2.24) is 25.1 Å². The second-order valence-corrected chi connectivity index (χ2v) is 6.62. The summed E-state index contributed by atoms with van der Waals surface area (Å²) in [6.07, 6.45) is 3.38. The molecule has 28 heavy (non-hydrogen) atoms. The monoisotopic (exact) mass is 397 g/mol. The highest BCUT2D eigenvalue weighted by atomic mass is 32.2. The minimum atomic E-state index is -0.456. The van der Waals surface area contributed by atoms with E-state index in [9.17, 15) is 9.59 Å². The fourth-order valence-corrected chi connectivity index (χ4v) is 3.30. The van der Waals surface area contributed by atoms with Gasteiger partial charge in [-0.15, -0.1) is 10.2 Å². The molecule has 0 spiro atoms. The highest BCUT2D eigenvalue weighted by Crippen LogP contribution is 2.23. The number of methoxy groups -OCH3 is 1. The zero-order valence-electron chi connectivity index (χ0n) is 15.5. The third kappa shape index (κ3) is 4.55. The molecule has 0 aliphatic heterocycles. The van der Waals surface area contributed by atoms with Gasteiger partial charge in [0.15, 0.2) is 11.0 Å². The van der Waals surface area contributed by atoms with Crippen LogP contribution in [0, 0.1) is 0 Å². The van der Waals surface area contributed by atoms with Crippen molar-refractivity contribution in [3.05, 3.63) is 54.4 Å². The van der Waals surface area contributed by atoms with Gasteiger partial charge in [0.1, 0.15) is 5.75 Å². The summed E-state index contributed by atoms with van der Waals surface area (Å²) in [5, 5.41) is 11.4. The maximum atomic E-state index is 12.2. The molecule has 3 aromatic rings. The Morgan fingerprint density at radius 2 is 1.82 bits per heavy atom. The van der Waals surface area contributed by atoms with E-state index >= 15 is 0 Å². The molecule has 0 fully saturated rings. The molecule has 2 aromatic heterocycles. The number of carbonyl (C=O) groups is 2. The number of hydrogen-bond acceptors (Lipinski definition) is 7. The summed E-state index contributed by atoms with van der Waals surface area (Å²) >= 11 is 1.23. The molecule has 0 bridgehead atoms. The topological polar surface area (TPSA) is 99.0 Å². The van der Waals surface area contributed by atoms with Gasteiger partial charge < -0.3 is 9.30 Å². The Morgan fingerprint density at radius 3 is 2.46 bits per heavy atom. The fraction of sp³-hybridized carbons (Fsp3) is 0.211. The highest BCUT2D eigenvalue weighted by molar-refractivity contribution is 7.99. The molecule has 2 amide bonds. The Bertz CT molecular complexity index is 957. The summed E-state index contributed by atoms with van der Waals surface area (Å²) in [6.45, 7) is 2.63. The Morgan fingerprint density at radius 1 is 1.11 bits per heavy atom. The van der Waals surface area contributed by atoms with Gasteiger partial charge in [-0.3, -0.25) is 19.9 Å². The van der Waals surface area contributed by atoms with Crippen LogP contribution in [-0.4, -0.2) is 44.4 Å². The Balaban J connectivity index is 1.61. The Kier molecular flexibility index (Phi) is 6.38. The average Bonchev–Trinajstić information content (AvgIpc) is 3.16. The van der Waals surface area contributed by atoms with Gasteiger partial charge >= 0.3 is 0 Å². The lowest BCUT2D eigenvalue weighted by atomic mass is 10.2. The first-order valence-corrected chi connectivity index (χ1v) is 9.55. The number of carbonyl (C=O) groups excluding carboxylic acids is 2. The van der Waals surface area contributed by atoms with Crippen molar-refractivity contribution >= 4 is 23.6 Å². The number of pyridine rings is 1. The molecule has 3 rings (SSSR count). The first kappa shape index (κ1) is 19.6. The van der Waals surface area contributed by atoms with Gasteiger partial charge in [-0.25, -0.2) is 0 Å². The number of nitrogens with one attached hydrogen (secondary N) is 1. The quantitative estimate of drug-likeness (QED) is 0.611. The maximum Gasteiger partial charge on any atom is 0.257 e. The molecule has 144 valence electrons. The Labute approximate surface area is 166 Å². The number of rotatable bonds is 7. The van der Waals surface area contributed by atoms with Crippen molar-refractivity contribution < 1.29 is 14.3 Å².